The Bertz CT molecular complexity index is 515. The van der Waals surface area contributed by atoms with Crippen molar-refractivity contribution in [3.63, 3.8) is 0 Å². The third-order valence-corrected chi connectivity index (χ3v) is 2.36. The van der Waals surface area contributed by atoms with Crippen LogP contribution >= 0.6 is 0 Å². The van der Waals surface area contributed by atoms with E-state index in [2.05, 4.69) is 0 Å². The number of phenolic OH excluding ortho intramolecular Hbond substituents is 2. The first-order valence-electron chi connectivity index (χ1n) is 4.79. The Labute approximate surface area is 92.6 Å². The number of hydrogen-bond acceptors (Lipinski definition) is 3. The summed E-state index contributed by atoms with van der Waals surface area (Å²) in [5.74, 6) is 0.196. The van der Waals surface area contributed by atoms with Gasteiger partial charge < -0.3 is 10.2 Å². The Kier molecular flexibility index (Phi) is 2.60. The van der Waals surface area contributed by atoms with Crippen molar-refractivity contribution < 1.29 is 15.0 Å². The van der Waals surface area contributed by atoms with Gasteiger partial charge in [0.05, 0.1) is 0 Å². The van der Waals surface area contributed by atoms with Gasteiger partial charge in [-0.25, -0.2) is 0 Å². The van der Waals surface area contributed by atoms with E-state index in [-0.39, 0.29) is 11.5 Å². The van der Waals surface area contributed by atoms with Crippen molar-refractivity contribution in [2.24, 2.45) is 0 Å². The zero-order chi connectivity index (χ0) is 11.5. The molecular weight excluding hydrogens is 204 g/mol. The van der Waals surface area contributed by atoms with E-state index in [1.54, 1.807) is 24.3 Å². The molecule has 0 aromatic heterocycles. The molecule has 0 spiro atoms. The number of benzene rings is 2. The van der Waals surface area contributed by atoms with E-state index in [0.717, 1.165) is 0 Å². The van der Waals surface area contributed by atoms with E-state index in [0.29, 0.717) is 23.0 Å². The summed E-state index contributed by atoms with van der Waals surface area (Å²) in [6.45, 7) is 0. The Morgan fingerprint density at radius 1 is 0.938 bits per heavy atom. The molecule has 2 aromatic rings. The fourth-order valence-corrected chi connectivity index (χ4v) is 1.60. The topological polar surface area (TPSA) is 57.5 Å². The summed E-state index contributed by atoms with van der Waals surface area (Å²) >= 11 is 0. The summed E-state index contributed by atoms with van der Waals surface area (Å²) in [5.41, 5.74) is 1.60. The highest BCUT2D eigenvalue weighted by Gasteiger charge is 2.09. The second-order valence-electron chi connectivity index (χ2n) is 3.41. The average Bonchev–Trinajstić information content (AvgIpc) is 2.30. The molecule has 0 radical (unpaired) electrons. The van der Waals surface area contributed by atoms with E-state index >= 15 is 0 Å². The summed E-state index contributed by atoms with van der Waals surface area (Å²) in [5, 5.41) is 18.9. The molecule has 2 aromatic carbocycles. The quantitative estimate of drug-likeness (QED) is 0.755. The standard InChI is InChI=1S/C13H10O3/c14-8-10-2-1-3-12(16)13(10)9-4-6-11(15)7-5-9/h1-8,15-16H. The maximum atomic E-state index is 10.9. The van der Waals surface area contributed by atoms with E-state index in [1.165, 1.54) is 18.2 Å². The monoisotopic (exact) mass is 214 g/mol. The second-order valence-corrected chi connectivity index (χ2v) is 3.41. The SMILES string of the molecule is O=Cc1cccc(O)c1-c1ccc(O)cc1. The number of aldehydes is 1. The summed E-state index contributed by atoms with van der Waals surface area (Å²) in [6.07, 6.45) is 0.696. The van der Waals surface area contributed by atoms with Crippen LogP contribution in [0.25, 0.3) is 11.1 Å². The van der Waals surface area contributed by atoms with Gasteiger partial charge in [0.25, 0.3) is 0 Å². The highest BCUT2D eigenvalue weighted by Crippen LogP contribution is 2.32. The molecule has 80 valence electrons. The molecule has 16 heavy (non-hydrogen) atoms. The van der Waals surface area contributed by atoms with E-state index in [4.69, 9.17) is 5.11 Å². The van der Waals surface area contributed by atoms with Gasteiger partial charge in [-0.2, -0.15) is 0 Å². The Morgan fingerprint density at radius 2 is 1.62 bits per heavy atom. The molecule has 0 bridgehead atoms. The van der Waals surface area contributed by atoms with Crippen molar-refractivity contribution in [1.29, 1.82) is 0 Å². The van der Waals surface area contributed by atoms with Gasteiger partial charge in [-0.3, -0.25) is 4.79 Å². The lowest BCUT2D eigenvalue weighted by Crippen LogP contribution is -1.87. The highest BCUT2D eigenvalue weighted by atomic mass is 16.3. The van der Waals surface area contributed by atoms with E-state index in [9.17, 15) is 9.90 Å². The first-order valence-corrected chi connectivity index (χ1v) is 4.79. The van der Waals surface area contributed by atoms with Crippen LogP contribution < -0.4 is 0 Å². The molecule has 0 fully saturated rings. The molecule has 0 aliphatic heterocycles. The lowest BCUT2D eigenvalue weighted by Gasteiger charge is -2.07. The molecule has 0 aliphatic rings. The number of carbonyl (C=O) groups excluding carboxylic acids is 1. The predicted octanol–water partition coefficient (Wildman–Crippen LogP) is 2.58. The van der Waals surface area contributed by atoms with Crippen molar-refractivity contribution in [2.75, 3.05) is 0 Å². The summed E-state index contributed by atoms with van der Waals surface area (Å²) < 4.78 is 0. The lowest BCUT2D eigenvalue weighted by molar-refractivity contribution is 0.112. The van der Waals surface area contributed by atoms with Crippen LogP contribution in [0.5, 0.6) is 11.5 Å². The summed E-state index contributed by atoms with van der Waals surface area (Å²) in [6, 6.07) is 11.1. The lowest BCUT2D eigenvalue weighted by atomic mass is 9.99. The summed E-state index contributed by atoms with van der Waals surface area (Å²) in [4.78, 5) is 10.9. The third-order valence-electron chi connectivity index (χ3n) is 2.36. The minimum Gasteiger partial charge on any atom is -0.508 e. The van der Waals surface area contributed by atoms with Crippen LogP contribution in [0.15, 0.2) is 42.5 Å². The van der Waals surface area contributed by atoms with Gasteiger partial charge in [0, 0.05) is 11.1 Å². The number of carbonyl (C=O) groups is 1. The molecule has 0 saturated heterocycles. The van der Waals surface area contributed by atoms with Crippen molar-refractivity contribution in [1.82, 2.24) is 0 Å². The van der Waals surface area contributed by atoms with Crippen LogP contribution in [-0.4, -0.2) is 16.5 Å². The Morgan fingerprint density at radius 3 is 2.25 bits per heavy atom. The van der Waals surface area contributed by atoms with Gasteiger partial charge in [0.15, 0.2) is 6.29 Å². The van der Waals surface area contributed by atoms with Crippen LogP contribution in [0.2, 0.25) is 0 Å². The average molecular weight is 214 g/mol. The maximum absolute atomic E-state index is 10.9. The normalized spacial score (nSPS) is 10.0. The molecule has 3 heteroatoms. The second kappa shape index (κ2) is 4.06. The number of rotatable bonds is 2. The molecule has 0 atom stereocenters. The van der Waals surface area contributed by atoms with Crippen molar-refractivity contribution in [3.8, 4) is 22.6 Å². The smallest absolute Gasteiger partial charge is 0.150 e. The molecule has 3 nitrogen and oxygen atoms in total. The number of phenols is 2. The van der Waals surface area contributed by atoms with Crippen LogP contribution in [0, 0.1) is 0 Å². The van der Waals surface area contributed by atoms with Gasteiger partial charge in [-0.05, 0) is 23.8 Å². The van der Waals surface area contributed by atoms with Crippen molar-refractivity contribution >= 4 is 6.29 Å². The number of hydrogen-bond donors (Lipinski definition) is 2. The van der Waals surface area contributed by atoms with Crippen LogP contribution in [-0.2, 0) is 0 Å². The first-order chi connectivity index (χ1) is 7.72. The van der Waals surface area contributed by atoms with Crippen LogP contribution in [0.4, 0.5) is 0 Å². The molecule has 0 unspecified atom stereocenters. The molecule has 0 heterocycles. The highest BCUT2D eigenvalue weighted by molar-refractivity contribution is 5.90. The molecule has 0 amide bonds. The van der Waals surface area contributed by atoms with Crippen LogP contribution in [0.3, 0.4) is 0 Å². The predicted molar refractivity (Wildman–Crippen MR) is 60.6 cm³/mol. The molecular formula is C13H10O3. The Hall–Kier alpha value is -2.29. The zero-order valence-corrected chi connectivity index (χ0v) is 8.42. The van der Waals surface area contributed by atoms with Gasteiger partial charge in [0.1, 0.15) is 11.5 Å². The first kappa shape index (κ1) is 10.2. The zero-order valence-electron chi connectivity index (χ0n) is 8.42. The third kappa shape index (κ3) is 1.75. The Balaban J connectivity index is 2.63. The van der Waals surface area contributed by atoms with Gasteiger partial charge in [0.2, 0.25) is 0 Å². The van der Waals surface area contributed by atoms with Gasteiger partial charge in [-0.1, -0.05) is 24.3 Å². The maximum Gasteiger partial charge on any atom is 0.150 e. The number of aromatic hydroxyl groups is 2. The van der Waals surface area contributed by atoms with Gasteiger partial charge in [-0.15, -0.1) is 0 Å². The summed E-state index contributed by atoms with van der Waals surface area (Å²) in [7, 11) is 0. The van der Waals surface area contributed by atoms with E-state index in [1.807, 2.05) is 0 Å². The molecule has 0 aliphatic carbocycles. The molecule has 2 rings (SSSR count). The largest absolute Gasteiger partial charge is 0.508 e. The van der Waals surface area contributed by atoms with Gasteiger partial charge >= 0.3 is 0 Å². The van der Waals surface area contributed by atoms with Crippen molar-refractivity contribution in [2.45, 2.75) is 0 Å². The fraction of sp³-hybridized carbons (Fsp3) is 0. The fourth-order valence-electron chi connectivity index (χ4n) is 1.60. The van der Waals surface area contributed by atoms with Crippen LogP contribution in [0.1, 0.15) is 10.4 Å². The minimum absolute atomic E-state index is 0.0512. The van der Waals surface area contributed by atoms with E-state index < -0.39 is 0 Å². The molecule has 2 N–H and O–H groups in total. The molecule has 0 saturated carbocycles. The van der Waals surface area contributed by atoms with Crippen molar-refractivity contribution in [3.05, 3.63) is 48.0 Å². The minimum atomic E-state index is 0.0512.